The monoisotopic (exact) mass is 300 g/mol. The summed E-state index contributed by atoms with van der Waals surface area (Å²) in [6, 6.07) is 2.98. The molecule has 112 valence electrons. The summed E-state index contributed by atoms with van der Waals surface area (Å²) >= 11 is 0. The summed E-state index contributed by atoms with van der Waals surface area (Å²) in [6.07, 6.45) is 1.31. The van der Waals surface area contributed by atoms with Crippen molar-refractivity contribution in [2.75, 3.05) is 38.5 Å². The smallest absolute Gasteiger partial charge is 0.244 e. The average Bonchev–Trinajstić information content (AvgIpc) is 2.46. The third kappa shape index (κ3) is 3.66. The number of hydrogen-bond acceptors (Lipinski definition) is 6. The largest absolute Gasteiger partial charge is 0.383 e. The normalized spacial score (nSPS) is 20.9. The third-order valence-corrected chi connectivity index (χ3v) is 4.73. The van der Waals surface area contributed by atoms with Gasteiger partial charge in [0.15, 0.2) is 0 Å². The van der Waals surface area contributed by atoms with Gasteiger partial charge < -0.3 is 10.5 Å². The number of sulfonamides is 1. The molecule has 0 radical (unpaired) electrons. The van der Waals surface area contributed by atoms with Crippen molar-refractivity contribution in [1.82, 2.24) is 14.6 Å². The highest BCUT2D eigenvalue weighted by Gasteiger charge is 2.23. The van der Waals surface area contributed by atoms with Crippen LogP contribution in [0.1, 0.15) is 6.92 Å². The first kappa shape index (κ1) is 15.2. The number of nitrogen functional groups attached to an aromatic ring is 1. The summed E-state index contributed by atoms with van der Waals surface area (Å²) in [4.78, 5) is 6.01. The quantitative estimate of drug-likeness (QED) is 0.772. The average molecular weight is 300 g/mol. The van der Waals surface area contributed by atoms with Crippen molar-refractivity contribution in [1.29, 1.82) is 0 Å². The van der Waals surface area contributed by atoms with E-state index >= 15 is 0 Å². The Morgan fingerprint density at radius 3 is 3.10 bits per heavy atom. The lowest BCUT2D eigenvalue weighted by Gasteiger charge is -2.32. The fourth-order valence-corrected chi connectivity index (χ4v) is 3.25. The number of likely N-dealkylation sites (N-methyl/N-ethyl adjacent to an activating group) is 1. The second-order valence-corrected chi connectivity index (χ2v) is 6.36. The molecule has 2 rings (SSSR count). The standard InChI is InChI=1S/C12H20N4O3S/c1-2-16-6-7-19-10(9-16)8-15-20(17,18)11-4-3-5-14-12(11)13/h3-5,10,15H,2,6-9H2,1H3,(H2,13,14). The van der Waals surface area contributed by atoms with Gasteiger partial charge in [-0.2, -0.15) is 0 Å². The van der Waals surface area contributed by atoms with E-state index in [4.69, 9.17) is 10.5 Å². The molecular formula is C12H20N4O3S. The fourth-order valence-electron chi connectivity index (χ4n) is 2.10. The first-order valence-electron chi connectivity index (χ1n) is 6.57. The third-order valence-electron chi connectivity index (χ3n) is 3.26. The number of anilines is 1. The molecule has 0 bridgehead atoms. The summed E-state index contributed by atoms with van der Waals surface area (Å²) in [6.45, 7) is 5.46. The molecule has 0 spiro atoms. The lowest BCUT2D eigenvalue weighted by Crippen LogP contribution is -2.47. The zero-order valence-corrected chi connectivity index (χ0v) is 12.3. The van der Waals surface area contributed by atoms with E-state index in [1.165, 1.54) is 12.3 Å². The van der Waals surface area contributed by atoms with Gasteiger partial charge in [-0.3, -0.25) is 4.90 Å². The highest BCUT2D eigenvalue weighted by atomic mass is 32.2. The van der Waals surface area contributed by atoms with Crippen LogP contribution in [-0.4, -0.2) is 57.2 Å². The van der Waals surface area contributed by atoms with Crippen molar-refractivity contribution in [3.63, 3.8) is 0 Å². The molecule has 2 heterocycles. The number of aromatic nitrogens is 1. The Labute approximate surface area is 119 Å². The maximum absolute atomic E-state index is 12.1. The predicted molar refractivity (Wildman–Crippen MR) is 75.7 cm³/mol. The van der Waals surface area contributed by atoms with E-state index in [1.807, 2.05) is 0 Å². The zero-order valence-electron chi connectivity index (χ0n) is 11.4. The van der Waals surface area contributed by atoms with Crippen molar-refractivity contribution in [3.05, 3.63) is 18.3 Å². The summed E-state index contributed by atoms with van der Waals surface area (Å²) < 4.78 is 32.4. The molecule has 3 N–H and O–H groups in total. The number of nitrogens with one attached hydrogen (secondary N) is 1. The number of nitrogens with zero attached hydrogens (tertiary/aromatic N) is 2. The number of nitrogens with two attached hydrogens (primary N) is 1. The zero-order chi connectivity index (χ0) is 14.6. The molecule has 0 saturated carbocycles. The van der Waals surface area contributed by atoms with Gasteiger partial charge in [0, 0.05) is 25.8 Å². The number of pyridine rings is 1. The van der Waals surface area contributed by atoms with Crippen molar-refractivity contribution in [3.8, 4) is 0 Å². The van der Waals surface area contributed by atoms with Crippen molar-refractivity contribution in [2.45, 2.75) is 17.9 Å². The maximum atomic E-state index is 12.1. The highest BCUT2D eigenvalue weighted by Crippen LogP contribution is 2.14. The Morgan fingerprint density at radius 1 is 1.60 bits per heavy atom. The summed E-state index contributed by atoms with van der Waals surface area (Å²) in [5, 5.41) is 0. The van der Waals surface area contributed by atoms with Crippen LogP contribution >= 0.6 is 0 Å². The Hall–Kier alpha value is -1.22. The van der Waals surface area contributed by atoms with Gasteiger partial charge >= 0.3 is 0 Å². The van der Waals surface area contributed by atoms with E-state index in [0.29, 0.717) is 6.61 Å². The van der Waals surface area contributed by atoms with Gasteiger partial charge in [0.2, 0.25) is 10.0 Å². The lowest BCUT2D eigenvalue weighted by molar-refractivity contribution is -0.0229. The molecule has 20 heavy (non-hydrogen) atoms. The lowest BCUT2D eigenvalue weighted by atomic mass is 10.3. The van der Waals surface area contributed by atoms with Crippen LogP contribution in [0.25, 0.3) is 0 Å². The van der Waals surface area contributed by atoms with Gasteiger partial charge in [0.25, 0.3) is 0 Å². The van der Waals surface area contributed by atoms with Crippen LogP contribution in [0.15, 0.2) is 23.2 Å². The molecule has 1 aromatic heterocycles. The first-order chi connectivity index (χ1) is 9.53. The molecule has 0 amide bonds. The van der Waals surface area contributed by atoms with Crippen molar-refractivity contribution < 1.29 is 13.2 Å². The molecule has 7 nitrogen and oxygen atoms in total. The van der Waals surface area contributed by atoms with Gasteiger partial charge in [0.05, 0.1) is 12.7 Å². The summed E-state index contributed by atoms with van der Waals surface area (Å²) in [5.74, 6) is -0.000234. The van der Waals surface area contributed by atoms with E-state index < -0.39 is 10.0 Å². The molecule has 1 saturated heterocycles. The van der Waals surface area contributed by atoms with E-state index in [0.717, 1.165) is 19.6 Å². The molecule has 1 aliphatic heterocycles. The minimum Gasteiger partial charge on any atom is -0.383 e. The van der Waals surface area contributed by atoms with Gasteiger partial charge in [0.1, 0.15) is 10.7 Å². The van der Waals surface area contributed by atoms with Gasteiger partial charge in [-0.1, -0.05) is 6.92 Å². The molecular weight excluding hydrogens is 280 g/mol. The number of morpholine rings is 1. The van der Waals surface area contributed by atoms with E-state index in [9.17, 15) is 8.42 Å². The molecule has 1 aromatic rings. The second kappa shape index (κ2) is 6.49. The van der Waals surface area contributed by atoms with Crippen LogP contribution in [0.5, 0.6) is 0 Å². The molecule has 1 aliphatic rings. The van der Waals surface area contributed by atoms with Crippen LogP contribution in [0, 0.1) is 0 Å². The van der Waals surface area contributed by atoms with Crippen molar-refractivity contribution >= 4 is 15.8 Å². The van der Waals surface area contributed by atoms with Crippen molar-refractivity contribution in [2.24, 2.45) is 0 Å². The Morgan fingerprint density at radius 2 is 2.40 bits per heavy atom. The maximum Gasteiger partial charge on any atom is 0.244 e. The number of rotatable bonds is 5. The fraction of sp³-hybridized carbons (Fsp3) is 0.583. The Bertz CT molecular complexity index is 549. The molecule has 0 aromatic carbocycles. The molecule has 1 atom stereocenters. The summed E-state index contributed by atoms with van der Waals surface area (Å²) in [5.41, 5.74) is 5.59. The van der Waals surface area contributed by atoms with Gasteiger partial charge in [-0.25, -0.2) is 18.1 Å². The number of hydrogen-bond donors (Lipinski definition) is 2. The van der Waals surface area contributed by atoms with Crippen LogP contribution in [0.4, 0.5) is 5.82 Å². The predicted octanol–water partition coefficient (Wildman–Crippen LogP) is -0.337. The molecule has 1 fully saturated rings. The number of ether oxygens (including phenoxy) is 1. The van der Waals surface area contributed by atoms with Gasteiger partial charge in [-0.05, 0) is 18.7 Å². The Balaban J connectivity index is 1.98. The first-order valence-corrected chi connectivity index (χ1v) is 8.05. The Kier molecular flexibility index (Phi) is 4.92. The molecule has 1 unspecified atom stereocenters. The molecule has 8 heteroatoms. The minimum absolute atomic E-state index is 0.000234. The van der Waals surface area contributed by atoms with Crippen LogP contribution in [-0.2, 0) is 14.8 Å². The molecule has 0 aliphatic carbocycles. The van der Waals surface area contributed by atoms with Crippen LogP contribution < -0.4 is 10.5 Å². The highest BCUT2D eigenvalue weighted by molar-refractivity contribution is 7.89. The van der Waals surface area contributed by atoms with Crippen LogP contribution in [0.2, 0.25) is 0 Å². The van der Waals surface area contributed by atoms with E-state index in [1.54, 1.807) is 6.07 Å². The second-order valence-electron chi connectivity index (χ2n) is 4.62. The van der Waals surface area contributed by atoms with E-state index in [-0.39, 0.29) is 23.4 Å². The minimum atomic E-state index is -3.65. The summed E-state index contributed by atoms with van der Waals surface area (Å²) in [7, 11) is -3.65. The van der Waals surface area contributed by atoms with E-state index in [2.05, 4.69) is 21.5 Å². The van der Waals surface area contributed by atoms with Gasteiger partial charge in [-0.15, -0.1) is 0 Å². The topological polar surface area (TPSA) is 97.5 Å². The van der Waals surface area contributed by atoms with Crippen LogP contribution in [0.3, 0.4) is 0 Å². The SMILES string of the molecule is CCN1CCOC(CNS(=O)(=O)c2cccnc2N)C1.